The molecule has 1 aromatic heterocycles. The summed E-state index contributed by atoms with van der Waals surface area (Å²) in [5.41, 5.74) is 0.376. The Morgan fingerprint density at radius 3 is 2.72 bits per heavy atom. The third-order valence-corrected chi connectivity index (χ3v) is 6.62. The molecule has 7 nitrogen and oxygen atoms in total. The molecular weight excluding hydrogens is 430 g/mol. The minimum absolute atomic E-state index is 0.00664. The van der Waals surface area contributed by atoms with E-state index in [1.807, 2.05) is 12.1 Å². The standard InChI is InChI=1S/C24H30ClN3O4/c1-31-21-10-9-17(25)15-18(21)24(30)28-13-5-7-19(28)23(29)26-16-20(22-8-6-14-32-22)27-11-3-2-4-12-27/h6,8-10,14-15,19-20H,2-5,7,11-13,16H2,1H3,(H,26,29)/t19-,20-/m1/s1. The highest BCUT2D eigenvalue weighted by Crippen LogP contribution is 2.28. The number of carbonyl (C=O) groups excluding carboxylic acids is 2. The molecule has 1 N–H and O–H groups in total. The maximum atomic E-state index is 13.3. The van der Waals surface area contributed by atoms with Crippen LogP contribution in [0, 0.1) is 0 Å². The van der Waals surface area contributed by atoms with Gasteiger partial charge in [0.1, 0.15) is 17.6 Å². The van der Waals surface area contributed by atoms with E-state index >= 15 is 0 Å². The van der Waals surface area contributed by atoms with E-state index in [0.717, 1.165) is 38.1 Å². The van der Waals surface area contributed by atoms with E-state index in [2.05, 4.69) is 10.2 Å². The fourth-order valence-corrected chi connectivity index (χ4v) is 4.89. The van der Waals surface area contributed by atoms with E-state index in [1.54, 1.807) is 29.4 Å². The van der Waals surface area contributed by atoms with E-state index < -0.39 is 6.04 Å². The lowest BCUT2D eigenvalue weighted by molar-refractivity contribution is -0.125. The highest BCUT2D eigenvalue weighted by molar-refractivity contribution is 6.31. The van der Waals surface area contributed by atoms with Crippen LogP contribution in [0.25, 0.3) is 0 Å². The Morgan fingerprint density at radius 2 is 2.00 bits per heavy atom. The first kappa shape index (κ1) is 22.7. The van der Waals surface area contributed by atoms with Gasteiger partial charge in [-0.3, -0.25) is 14.5 Å². The normalized spacial score (nSPS) is 20.2. The number of nitrogens with one attached hydrogen (secondary N) is 1. The molecule has 172 valence electrons. The van der Waals surface area contributed by atoms with Crippen molar-refractivity contribution in [1.82, 2.24) is 15.1 Å². The van der Waals surface area contributed by atoms with Crippen molar-refractivity contribution >= 4 is 23.4 Å². The van der Waals surface area contributed by atoms with Crippen LogP contribution in [0.3, 0.4) is 0 Å². The molecule has 0 spiro atoms. The molecular formula is C24H30ClN3O4. The minimum atomic E-state index is -0.509. The van der Waals surface area contributed by atoms with Gasteiger partial charge in [0, 0.05) is 18.1 Å². The Hall–Kier alpha value is -2.51. The maximum absolute atomic E-state index is 13.3. The van der Waals surface area contributed by atoms with Crippen LogP contribution in [-0.2, 0) is 4.79 Å². The molecule has 3 heterocycles. The van der Waals surface area contributed by atoms with E-state index in [4.69, 9.17) is 20.8 Å². The number of hydrogen-bond acceptors (Lipinski definition) is 5. The largest absolute Gasteiger partial charge is 0.496 e. The van der Waals surface area contributed by atoms with Crippen molar-refractivity contribution in [3.05, 3.63) is 52.9 Å². The van der Waals surface area contributed by atoms with Crippen molar-refractivity contribution in [3.8, 4) is 5.75 Å². The van der Waals surface area contributed by atoms with E-state index in [-0.39, 0.29) is 17.9 Å². The molecule has 0 unspecified atom stereocenters. The summed E-state index contributed by atoms with van der Waals surface area (Å²) < 4.78 is 11.0. The number of hydrogen-bond donors (Lipinski definition) is 1. The molecule has 0 radical (unpaired) electrons. The quantitative estimate of drug-likeness (QED) is 0.679. The van der Waals surface area contributed by atoms with Crippen LogP contribution in [-0.4, -0.2) is 60.9 Å². The number of likely N-dealkylation sites (tertiary alicyclic amines) is 2. The molecule has 2 saturated heterocycles. The third-order valence-electron chi connectivity index (χ3n) is 6.38. The fraction of sp³-hybridized carbons (Fsp3) is 0.500. The summed E-state index contributed by atoms with van der Waals surface area (Å²) in [6, 6.07) is 8.27. The summed E-state index contributed by atoms with van der Waals surface area (Å²) in [4.78, 5) is 30.4. The van der Waals surface area contributed by atoms with Gasteiger partial charge < -0.3 is 19.4 Å². The second-order valence-electron chi connectivity index (χ2n) is 8.37. The molecule has 1 aromatic carbocycles. The van der Waals surface area contributed by atoms with Gasteiger partial charge in [-0.15, -0.1) is 0 Å². The molecule has 2 amide bonds. The SMILES string of the molecule is COc1ccc(Cl)cc1C(=O)N1CCC[C@@H]1C(=O)NC[C@H](c1ccco1)N1CCCCC1. The van der Waals surface area contributed by atoms with Gasteiger partial charge in [0.2, 0.25) is 5.91 Å². The topological polar surface area (TPSA) is 75.0 Å². The zero-order chi connectivity index (χ0) is 22.5. The van der Waals surface area contributed by atoms with E-state index in [1.165, 1.54) is 13.5 Å². The number of amides is 2. The second-order valence-corrected chi connectivity index (χ2v) is 8.81. The van der Waals surface area contributed by atoms with E-state index in [9.17, 15) is 9.59 Å². The van der Waals surface area contributed by atoms with Gasteiger partial charge in [-0.05, 0) is 69.1 Å². The van der Waals surface area contributed by atoms with Crippen LogP contribution in [0.4, 0.5) is 0 Å². The Kier molecular flexibility index (Phi) is 7.37. The Labute approximate surface area is 193 Å². The van der Waals surface area contributed by atoms with Crippen molar-refractivity contribution in [3.63, 3.8) is 0 Å². The second kappa shape index (κ2) is 10.4. The van der Waals surface area contributed by atoms with Crippen LogP contribution in [0.1, 0.15) is 54.3 Å². The van der Waals surface area contributed by atoms with Gasteiger partial charge in [0.25, 0.3) is 5.91 Å². The maximum Gasteiger partial charge on any atom is 0.258 e. The average Bonchev–Trinajstić information content (AvgIpc) is 3.52. The zero-order valence-electron chi connectivity index (χ0n) is 18.4. The highest BCUT2D eigenvalue weighted by atomic mass is 35.5. The lowest BCUT2D eigenvalue weighted by Gasteiger charge is -2.34. The van der Waals surface area contributed by atoms with Crippen molar-refractivity contribution in [2.75, 3.05) is 33.3 Å². The third kappa shape index (κ3) is 4.94. The molecule has 2 atom stereocenters. The molecule has 8 heteroatoms. The molecule has 2 aromatic rings. The Bertz CT molecular complexity index is 927. The van der Waals surface area contributed by atoms with E-state index in [0.29, 0.717) is 35.8 Å². The van der Waals surface area contributed by atoms with Crippen LogP contribution >= 0.6 is 11.6 Å². The van der Waals surface area contributed by atoms with Crippen LogP contribution in [0.2, 0.25) is 5.02 Å². The lowest BCUT2D eigenvalue weighted by atomic mass is 10.1. The molecule has 4 rings (SSSR count). The number of halogens is 1. The number of nitrogens with zero attached hydrogens (tertiary/aromatic N) is 2. The first-order valence-electron chi connectivity index (χ1n) is 11.3. The summed E-state index contributed by atoms with van der Waals surface area (Å²) in [6.45, 7) is 2.96. The summed E-state index contributed by atoms with van der Waals surface area (Å²) in [6.07, 6.45) is 6.62. The Morgan fingerprint density at radius 1 is 1.19 bits per heavy atom. The Balaban J connectivity index is 1.45. The van der Waals surface area contributed by atoms with Gasteiger partial charge in [-0.1, -0.05) is 18.0 Å². The summed E-state index contributed by atoms with van der Waals surface area (Å²) in [7, 11) is 1.52. The van der Waals surface area contributed by atoms with Crippen LogP contribution < -0.4 is 10.1 Å². The van der Waals surface area contributed by atoms with Crippen molar-refractivity contribution < 1.29 is 18.7 Å². The predicted octanol–water partition coefficient (Wildman–Crippen LogP) is 3.89. The van der Waals surface area contributed by atoms with Crippen LogP contribution in [0.15, 0.2) is 41.0 Å². The average molecular weight is 460 g/mol. The molecule has 2 aliphatic heterocycles. The molecule has 0 bridgehead atoms. The van der Waals surface area contributed by atoms with Crippen molar-refractivity contribution in [2.45, 2.75) is 44.2 Å². The van der Waals surface area contributed by atoms with Gasteiger partial charge in [0.05, 0.1) is 25.0 Å². The van der Waals surface area contributed by atoms with Crippen molar-refractivity contribution in [2.24, 2.45) is 0 Å². The zero-order valence-corrected chi connectivity index (χ0v) is 19.1. The summed E-state index contributed by atoms with van der Waals surface area (Å²) in [5.74, 6) is 0.940. The molecule has 0 saturated carbocycles. The smallest absolute Gasteiger partial charge is 0.258 e. The first-order valence-corrected chi connectivity index (χ1v) is 11.7. The number of furan rings is 1. The summed E-state index contributed by atoms with van der Waals surface area (Å²) in [5, 5.41) is 3.55. The van der Waals surface area contributed by atoms with Gasteiger partial charge in [0.15, 0.2) is 0 Å². The number of rotatable bonds is 7. The molecule has 0 aliphatic carbocycles. The van der Waals surface area contributed by atoms with Crippen LogP contribution in [0.5, 0.6) is 5.75 Å². The lowest BCUT2D eigenvalue weighted by Crippen LogP contribution is -2.48. The fourth-order valence-electron chi connectivity index (χ4n) is 4.72. The first-order chi connectivity index (χ1) is 15.6. The summed E-state index contributed by atoms with van der Waals surface area (Å²) >= 11 is 6.11. The van der Waals surface area contributed by atoms with Gasteiger partial charge in [-0.25, -0.2) is 0 Å². The number of benzene rings is 1. The molecule has 2 aliphatic rings. The highest BCUT2D eigenvalue weighted by Gasteiger charge is 2.36. The number of piperidine rings is 1. The van der Waals surface area contributed by atoms with Crippen molar-refractivity contribution in [1.29, 1.82) is 0 Å². The predicted molar refractivity (Wildman–Crippen MR) is 122 cm³/mol. The van der Waals surface area contributed by atoms with Gasteiger partial charge >= 0.3 is 0 Å². The molecule has 32 heavy (non-hydrogen) atoms. The number of carbonyl (C=O) groups is 2. The monoisotopic (exact) mass is 459 g/mol. The number of methoxy groups -OCH3 is 1. The number of ether oxygens (including phenoxy) is 1. The minimum Gasteiger partial charge on any atom is -0.496 e. The van der Waals surface area contributed by atoms with Gasteiger partial charge in [-0.2, -0.15) is 0 Å². The molecule has 2 fully saturated rings.